The largest absolute Gasteiger partial charge is 0.396 e. The van der Waals surface area contributed by atoms with Crippen LogP contribution in [-0.2, 0) is 0 Å². The molecule has 2 N–H and O–H groups in total. The summed E-state index contributed by atoms with van der Waals surface area (Å²) in [6.07, 6.45) is 5.28. The van der Waals surface area contributed by atoms with Crippen LogP contribution in [0.1, 0.15) is 25.7 Å². The molecular weight excluding hydrogens is 138 g/mol. The number of aliphatic hydroxyl groups is 1. The lowest BCUT2D eigenvalue weighted by Crippen LogP contribution is -2.27. The van der Waals surface area contributed by atoms with E-state index in [1.165, 1.54) is 32.2 Å². The zero-order chi connectivity index (χ0) is 7.73. The molecule has 0 unspecified atom stereocenters. The standard InChI is InChI=1S/C9H17NO/c11-7-9(3-4-9)6-10-5-8-1-2-8/h8,10-11H,1-7H2. The number of nitrogens with one attached hydrogen (secondary N) is 1. The van der Waals surface area contributed by atoms with E-state index in [0.29, 0.717) is 12.0 Å². The average Bonchev–Trinajstić information content (AvgIpc) is 2.80. The minimum Gasteiger partial charge on any atom is -0.396 e. The molecule has 2 fully saturated rings. The third-order valence-corrected chi connectivity index (χ3v) is 2.92. The molecular formula is C9H17NO. The first kappa shape index (κ1) is 7.56. The lowest BCUT2D eigenvalue weighted by atomic mass is 10.1. The highest BCUT2D eigenvalue weighted by atomic mass is 16.3. The van der Waals surface area contributed by atoms with Crippen LogP contribution in [0.25, 0.3) is 0 Å². The minimum absolute atomic E-state index is 0.300. The fraction of sp³-hybridized carbons (Fsp3) is 1.00. The zero-order valence-corrected chi connectivity index (χ0v) is 6.97. The molecule has 0 aliphatic heterocycles. The molecule has 2 nitrogen and oxygen atoms in total. The zero-order valence-electron chi connectivity index (χ0n) is 6.97. The van der Waals surface area contributed by atoms with E-state index in [0.717, 1.165) is 12.5 Å². The second-order valence-electron chi connectivity index (χ2n) is 4.23. The Morgan fingerprint density at radius 1 is 1.36 bits per heavy atom. The smallest absolute Gasteiger partial charge is 0.0499 e. The summed E-state index contributed by atoms with van der Waals surface area (Å²) in [5.41, 5.74) is 0.300. The first-order chi connectivity index (χ1) is 5.35. The molecule has 0 bridgehead atoms. The van der Waals surface area contributed by atoms with E-state index in [-0.39, 0.29) is 0 Å². The highest BCUT2D eigenvalue weighted by Gasteiger charge is 2.41. The molecule has 0 radical (unpaired) electrons. The van der Waals surface area contributed by atoms with Gasteiger partial charge in [0.05, 0.1) is 0 Å². The van der Waals surface area contributed by atoms with Crippen LogP contribution in [0, 0.1) is 11.3 Å². The Balaban J connectivity index is 1.58. The highest BCUT2D eigenvalue weighted by Crippen LogP contribution is 2.44. The van der Waals surface area contributed by atoms with Crippen LogP contribution in [0.5, 0.6) is 0 Å². The molecule has 2 aliphatic rings. The van der Waals surface area contributed by atoms with Crippen molar-refractivity contribution in [3.8, 4) is 0 Å². The van der Waals surface area contributed by atoms with Crippen LogP contribution in [0.4, 0.5) is 0 Å². The Kier molecular flexibility index (Phi) is 1.90. The third-order valence-electron chi connectivity index (χ3n) is 2.92. The van der Waals surface area contributed by atoms with Gasteiger partial charge in [0, 0.05) is 18.6 Å². The maximum Gasteiger partial charge on any atom is 0.0499 e. The van der Waals surface area contributed by atoms with Crippen molar-refractivity contribution in [1.29, 1.82) is 0 Å². The summed E-state index contributed by atoms with van der Waals surface area (Å²) in [6, 6.07) is 0. The van der Waals surface area contributed by atoms with E-state index in [1.807, 2.05) is 0 Å². The molecule has 0 spiro atoms. The van der Waals surface area contributed by atoms with Crippen LogP contribution in [0.3, 0.4) is 0 Å². The molecule has 0 aromatic carbocycles. The van der Waals surface area contributed by atoms with Crippen molar-refractivity contribution in [2.24, 2.45) is 11.3 Å². The normalized spacial score (nSPS) is 27.0. The summed E-state index contributed by atoms with van der Waals surface area (Å²) in [7, 11) is 0. The fourth-order valence-electron chi connectivity index (χ4n) is 1.43. The van der Waals surface area contributed by atoms with Gasteiger partial charge in [0.1, 0.15) is 0 Å². The van der Waals surface area contributed by atoms with Crippen LogP contribution >= 0.6 is 0 Å². The van der Waals surface area contributed by atoms with Gasteiger partial charge < -0.3 is 10.4 Å². The number of aliphatic hydroxyl groups excluding tert-OH is 1. The predicted molar refractivity (Wildman–Crippen MR) is 44.3 cm³/mol. The first-order valence-corrected chi connectivity index (χ1v) is 4.66. The van der Waals surface area contributed by atoms with Crippen LogP contribution < -0.4 is 5.32 Å². The summed E-state index contributed by atoms with van der Waals surface area (Å²) in [5, 5.41) is 12.4. The highest BCUT2D eigenvalue weighted by molar-refractivity contribution is 4.94. The number of hydrogen-bond acceptors (Lipinski definition) is 2. The predicted octanol–water partition coefficient (Wildman–Crippen LogP) is 0.758. The summed E-state index contributed by atoms with van der Waals surface area (Å²) >= 11 is 0. The van der Waals surface area contributed by atoms with E-state index in [2.05, 4.69) is 5.32 Å². The molecule has 2 rings (SSSR count). The van der Waals surface area contributed by atoms with Gasteiger partial charge in [0.15, 0.2) is 0 Å². The fourth-order valence-corrected chi connectivity index (χ4v) is 1.43. The summed E-state index contributed by atoms with van der Waals surface area (Å²) in [5.74, 6) is 0.962. The van der Waals surface area contributed by atoms with E-state index < -0.39 is 0 Å². The molecule has 2 heteroatoms. The van der Waals surface area contributed by atoms with Gasteiger partial charge in [-0.25, -0.2) is 0 Å². The Hall–Kier alpha value is -0.0800. The number of rotatable bonds is 5. The van der Waals surface area contributed by atoms with Crippen molar-refractivity contribution in [2.75, 3.05) is 19.7 Å². The van der Waals surface area contributed by atoms with Crippen molar-refractivity contribution in [3.05, 3.63) is 0 Å². The quantitative estimate of drug-likeness (QED) is 0.614. The second kappa shape index (κ2) is 2.76. The van der Waals surface area contributed by atoms with E-state index in [1.54, 1.807) is 0 Å². The summed E-state index contributed by atoms with van der Waals surface area (Å²) < 4.78 is 0. The molecule has 0 aromatic rings. The summed E-state index contributed by atoms with van der Waals surface area (Å²) in [6.45, 7) is 2.60. The van der Waals surface area contributed by atoms with Gasteiger partial charge in [-0.05, 0) is 38.1 Å². The molecule has 0 amide bonds. The molecule has 2 aliphatic carbocycles. The monoisotopic (exact) mass is 155 g/mol. The maximum atomic E-state index is 9.00. The van der Waals surface area contributed by atoms with Crippen LogP contribution in [-0.4, -0.2) is 24.8 Å². The van der Waals surface area contributed by atoms with Gasteiger partial charge in [-0.3, -0.25) is 0 Å². The van der Waals surface area contributed by atoms with Crippen LogP contribution in [0.2, 0.25) is 0 Å². The van der Waals surface area contributed by atoms with Crippen LogP contribution in [0.15, 0.2) is 0 Å². The van der Waals surface area contributed by atoms with Crippen molar-refractivity contribution >= 4 is 0 Å². The van der Waals surface area contributed by atoms with Gasteiger partial charge >= 0.3 is 0 Å². The Morgan fingerprint density at radius 2 is 2.09 bits per heavy atom. The van der Waals surface area contributed by atoms with Gasteiger partial charge in [0.2, 0.25) is 0 Å². The summed E-state index contributed by atoms with van der Waals surface area (Å²) in [4.78, 5) is 0. The van der Waals surface area contributed by atoms with Crippen molar-refractivity contribution in [2.45, 2.75) is 25.7 Å². The van der Waals surface area contributed by atoms with Gasteiger partial charge in [-0.2, -0.15) is 0 Å². The molecule has 64 valence electrons. The lowest BCUT2D eigenvalue weighted by Gasteiger charge is -2.11. The second-order valence-corrected chi connectivity index (χ2v) is 4.23. The molecule has 0 aromatic heterocycles. The molecule has 11 heavy (non-hydrogen) atoms. The van der Waals surface area contributed by atoms with Crippen molar-refractivity contribution < 1.29 is 5.11 Å². The minimum atomic E-state index is 0.300. The van der Waals surface area contributed by atoms with Gasteiger partial charge in [-0.1, -0.05) is 0 Å². The third kappa shape index (κ3) is 1.94. The Morgan fingerprint density at radius 3 is 2.55 bits per heavy atom. The molecule has 2 saturated carbocycles. The van der Waals surface area contributed by atoms with E-state index in [9.17, 15) is 0 Å². The topological polar surface area (TPSA) is 32.3 Å². The average molecular weight is 155 g/mol. The first-order valence-electron chi connectivity index (χ1n) is 4.66. The van der Waals surface area contributed by atoms with E-state index in [4.69, 9.17) is 5.11 Å². The lowest BCUT2D eigenvalue weighted by molar-refractivity contribution is 0.207. The van der Waals surface area contributed by atoms with Crippen molar-refractivity contribution in [1.82, 2.24) is 5.32 Å². The number of hydrogen-bond donors (Lipinski definition) is 2. The Labute approximate surface area is 68.0 Å². The molecule has 0 saturated heterocycles. The SMILES string of the molecule is OCC1(CNCC2CC2)CC1. The molecule has 0 atom stereocenters. The van der Waals surface area contributed by atoms with Gasteiger partial charge in [-0.15, -0.1) is 0 Å². The van der Waals surface area contributed by atoms with E-state index >= 15 is 0 Å². The maximum absolute atomic E-state index is 9.00. The molecule has 0 heterocycles. The van der Waals surface area contributed by atoms with Crippen molar-refractivity contribution in [3.63, 3.8) is 0 Å². The Bertz CT molecular complexity index is 138. The van der Waals surface area contributed by atoms with Gasteiger partial charge in [0.25, 0.3) is 0 Å².